The molecule has 26 heavy (non-hydrogen) atoms. The van der Waals surface area contributed by atoms with Crippen LogP contribution in [0, 0.1) is 29.0 Å². The molecule has 2 aliphatic carbocycles. The minimum absolute atomic E-state index is 0.0697. The number of ketones is 1. The minimum atomic E-state index is -0.463. The van der Waals surface area contributed by atoms with E-state index in [0.29, 0.717) is 0 Å². The third-order valence-electron chi connectivity index (χ3n) is 6.08. The Morgan fingerprint density at radius 2 is 2.19 bits per heavy atom. The molecule has 0 spiro atoms. The summed E-state index contributed by atoms with van der Waals surface area (Å²) >= 11 is 0. The number of nitrogens with zero attached hydrogens (tertiary/aromatic N) is 3. The number of aromatic nitrogens is 2. The fraction of sp³-hybridized carbons (Fsp3) is 0.381. The van der Waals surface area contributed by atoms with Gasteiger partial charge in [0.2, 0.25) is 0 Å². The number of halogens is 1. The molecule has 3 atom stereocenters. The van der Waals surface area contributed by atoms with Gasteiger partial charge in [-0.2, -0.15) is 10.4 Å². The van der Waals surface area contributed by atoms with Gasteiger partial charge in [-0.1, -0.05) is 32.1 Å². The van der Waals surface area contributed by atoms with Gasteiger partial charge in [-0.25, -0.2) is 4.39 Å². The molecular weight excluding hydrogens is 329 g/mol. The van der Waals surface area contributed by atoms with Crippen LogP contribution >= 0.6 is 0 Å². The second-order valence-electron chi connectivity index (χ2n) is 7.56. The van der Waals surface area contributed by atoms with Crippen LogP contribution in [-0.4, -0.2) is 15.6 Å². The fourth-order valence-corrected chi connectivity index (χ4v) is 4.84. The van der Waals surface area contributed by atoms with E-state index in [1.807, 2.05) is 20.0 Å². The van der Waals surface area contributed by atoms with Crippen molar-refractivity contribution in [3.8, 4) is 17.3 Å². The van der Waals surface area contributed by atoms with Gasteiger partial charge in [0.1, 0.15) is 11.9 Å². The number of benzene rings is 1. The summed E-state index contributed by atoms with van der Waals surface area (Å²) in [6.07, 6.45) is 3.45. The van der Waals surface area contributed by atoms with Gasteiger partial charge < -0.3 is 0 Å². The van der Waals surface area contributed by atoms with Crippen LogP contribution in [0.3, 0.4) is 0 Å². The lowest BCUT2D eigenvalue weighted by atomic mass is 9.58. The van der Waals surface area contributed by atoms with Crippen LogP contribution in [0.15, 0.2) is 35.9 Å². The Bertz CT molecular complexity index is 997. The highest BCUT2D eigenvalue weighted by Gasteiger charge is 2.50. The summed E-state index contributed by atoms with van der Waals surface area (Å²) < 4.78 is 15.5. The lowest BCUT2D eigenvalue weighted by Gasteiger charge is -2.44. The standard InChI is InChI=1S/C21H20FN3O/c1-12-17-8-7-16-18(13-5-4-6-15(22)9-13)25(3)24-20(16)21(17,2)10-14(11-23)19(12)26/h4-6,9-10,12,17H,7-8H2,1-3H3/t12-,17-,21-/m0/s1. The van der Waals surface area contributed by atoms with E-state index in [0.717, 1.165) is 35.4 Å². The van der Waals surface area contributed by atoms with E-state index in [1.54, 1.807) is 16.8 Å². The molecule has 1 aromatic heterocycles. The largest absolute Gasteiger partial charge is 0.293 e. The number of nitriles is 1. The van der Waals surface area contributed by atoms with E-state index in [4.69, 9.17) is 5.10 Å². The van der Waals surface area contributed by atoms with Crippen LogP contribution in [0.1, 0.15) is 31.5 Å². The van der Waals surface area contributed by atoms with Crippen LogP contribution < -0.4 is 0 Å². The lowest BCUT2D eigenvalue weighted by molar-refractivity contribution is -0.121. The van der Waals surface area contributed by atoms with Crippen molar-refractivity contribution < 1.29 is 9.18 Å². The molecule has 0 amide bonds. The normalized spacial score (nSPS) is 27.3. The van der Waals surface area contributed by atoms with Gasteiger partial charge in [-0.3, -0.25) is 9.48 Å². The van der Waals surface area contributed by atoms with E-state index in [2.05, 4.69) is 13.0 Å². The molecule has 0 aliphatic heterocycles. The number of Topliss-reactive ketones (excluding diaryl/α,β-unsaturated/α-hetero) is 1. The van der Waals surface area contributed by atoms with Crippen molar-refractivity contribution in [3.05, 3.63) is 53.0 Å². The molecule has 1 heterocycles. The average molecular weight is 349 g/mol. The molecule has 0 bridgehead atoms. The van der Waals surface area contributed by atoms with E-state index in [9.17, 15) is 14.4 Å². The third kappa shape index (κ3) is 2.18. The van der Waals surface area contributed by atoms with Gasteiger partial charge in [-0.05, 0) is 30.9 Å². The quantitative estimate of drug-likeness (QED) is 0.788. The number of carbonyl (C=O) groups excluding carboxylic acids is 1. The van der Waals surface area contributed by atoms with Crippen LogP contribution in [0.5, 0.6) is 0 Å². The molecule has 2 aliphatic rings. The molecule has 5 heteroatoms. The molecule has 0 saturated carbocycles. The first-order valence-electron chi connectivity index (χ1n) is 8.86. The molecule has 4 rings (SSSR count). The van der Waals surface area contributed by atoms with Crippen molar-refractivity contribution in [1.82, 2.24) is 9.78 Å². The number of rotatable bonds is 1. The van der Waals surface area contributed by atoms with Crippen molar-refractivity contribution in [2.45, 2.75) is 32.1 Å². The van der Waals surface area contributed by atoms with Gasteiger partial charge in [0, 0.05) is 29.5 Å². The summed E-state index contributed by atoms with van der Waals surface area (Å²) in [6.45, 7) is 3.98. The molecular formula is C21H20FN3O. The van der Waals surface area contributed by atoms with Crippen molar-refractivity contribution in [2.24, 2.45) is 18.9 Å². The van der Waals surface area contributed by atoms with Crippen LogP contribution in [0.4, 0.5) is 4.39 Å². The molecule has 2 aromatic rings. The number of fused-ring (bicyclic) bond motifs is 3. The Labute approximate surface area is 151 Å². The van der Waals surface area contributed by atoms with Crippen molar-refractivity contribution in [3.63, 3.8) is 0 Å². The van der Waals surface area contributed by atoms with Crippen molar-refractivity contribution >= 4 is 5.78 Å². The number of carbonyl (C=O) groups is 1. The monoisotopic (exact) mass is 349 g/mol. The topological polar surface area (TPSA) is 58.7 Å². The minimum Gasteiger partial charge on any atom is -0.293 e. The number of aryl methyl sites for hydroxylation is 1. The highest BCUT2D eigenvalue weighted by atomic mass is 19.1. The molecule has 0 saturated heterocycles. The third-order valence-corrected chi connectivity index (χ3v) is 6.08. The molecule has 1 aromatic carbocycles. The first-order chi connectivity index (χ1) is 12.4. The van der Waals surface area contributed by atoms with E-state index in [1.165, 1.54) is 12.1 Å². The molecule has 0 fully saturated rings. The average Bonchev–Trinajstić information content (AvgIpc) is 2.95. The zero-order valence-corrected chi connectivity index (χ0v) is 15.1. The number of hydrogen-bond donors (Lipinski definition) is 0. The van der Waals surface area contributed by atoms with Gasteiger partial charge in [-0.15, -0.1) is 0 Å². The van der Waals surface area contributed by atoms with Gasteiger partial charge in [0.25, 0.3) is 0 Å². The SMILES string of the molecule is C[C@@H]1C(=O)C(C#N)=C[C@]2(C)c3nn(C)c(-c4cccc(F)c4)c3CC[C@@H]12. The molecule has 132 valence electrons. The maximum Gasteiger partial charge on any atom is 0.176 e. The highest BCUT2D eigenvalue weighted by molar-refractivity contribution is 6.02. The van der Waals surface area contributed by atoms with Gasteiger partial charge >= 0.3 is 0 Å². The van der Waals surface area contributed by atoms with Gasteiger partial charge in [0.05, 0.1) is 17.0 Å². The Hall–Kier alpha value is -2.74. The van der Waals surface area contributed by atoms with Crippen LogP contribution in [0.25, 0.3) is 11.3 Å². The summed E-state index contributed by atoms with van der Waals surface area (Å²) in [6, 6.07) is 8.60. The maximum absolute atomic E-state index is 13.7. The zero-order chi connectivity index (χ0) is 18.6. The molecule has 0 N–H and O–H groups in total. The van der Waals surface area contributed by atoms with Gasteiger partial charge in [0.15, 0.2) is 5.78 Å². The summed E-state index contributed by atoms with van der Waals surface area (Å²) in [5.41, 5.74) is 3.47. The molecule has 4 nitrogen and oxygen atoms in total. The Morgan fingerprint density at radius 3 is 2.88 bits per heavy atom. The Kier molecular flexibility index (Phi) is 3.62. The smallest absolute Gasteiger partial charge is 0.176 e. The summed E-state index contributed by atoms with van der Waals surface area (Å²) in [5.74, 6) is -0.428. The van der Waals surface area contributed by atoms with Crippen LogP contribution in [-0.2, 0) is 23.7 Å². The predicted octanol–water partition coefficient (Wildman–Crippen LogP) is 3.72. The summed E-state index contributed by atoms with van der Waals surface area (Å²) in [5, 5.41) is 14.2. The Morgan fingerprint density at radius 1 is 1.42 bits per heavy atom. The van der Waals surface area contributed by atoms with Crippen molar-refractivity contribution in [1.29, 1.82) is 5.26 Å². The highest BCUT2D eigenvalue weighted by Crippen LogP contribution is 2.50. The number of allylic oxidation sites excluding steroid dienone is 2. The first kappa shape index (κ1) is 16.7. The second-order valence-corrected chi connectivity index (χ2v) is 7.56. The molecule has 0 radical (unpaired) electrons. The first-order valence-corrected chi connectivity index (χ1v) is 8.86. The van der Waals surface area contributed by atoms with E-state index < -0.39 is 5.41 Å². The lowest BCUT2D eigenvalue weighted by Crippen LogP contribution is -2.45. The zero-order valence-electron chi connectivity index (χ0n) is 15.1. The van der Waals surface area contributed by atoms with E-state index >= 15 is 0 Å². The predicted molar refractivity (Wildman–Crippen MR) is 95.6 cm³/mol. The Balaban J connectivity index is 1.94. The summed E-state index contributed by atoms with van der Waals surface area (Å²) in [4.78, 5) is 12.4. The van der Waals surface area contributed by atoms with E-state index in [-0.39, 0.29) is 29.0 Å². The van der Waals surface area contributed by atoms with Crippen molar-refractivity contribution in [2.75, 3.05) is 0 Å². The second kappa shape index (κ2) is 5.63. The van der Waals surface area contributed by atoms with Crippen LogP contribution in [0.2, 0.25) is 0 Å². The number of hydrogen-bond acceptors (Lipinski definition) is 3. The molecule has 0 unspecified atom stereocenters. The maximum atomic E-state index is 13.7. The summed E-state index contributed by atoms with van der Waals surface area (Å²) in [7, 11) is 1.86. The fourth-order valence-electron chi connectivity index (χ4n) is 4.84.